The molecule has 106 valence electrons. The van der Waals surface area contributed by atoms with E-state index >= 15 is 0 Å². The fraction of sp³-hybridized carbons (Fsp3) is 0.333. The molecule has 0 aliphatic heterocycles. The summed E-state index contributed by atoms with van der Waals surface area (Å²) in [5, 5.41) is 3.26. The maximum absolute atomic E-state index is 3.26. The number of hydrogen-bond acceptors (Lipinski definition) is 2. The second-order valence-electron chi connectivity index (χ2n) is 5.45. The van der Waals surface area contributed by atoms with E-state index in [1.54, 1.807) is 0 Å². The van der Waals surface area contributed by atoms with Crippen molar-refractivity contribution in [3.8, 4) is 0 Å². The lowest BCUT2D eigenvalue weighted by Crippen LogP contribution is -2.20. The fourth-order valence-electron chi connectivity index (χ4n) is 2.55. The number of nitrogens with zero attached hydrogens (tertiary/aromatic N) is 1. The minimum Gasteiger partial charge on any atom is -0.370 e. The van der Waals surface area contributed by atoms with Crippen LogP contribution in [0.5, 0.6) is 0 Å². The molecule has 0 heterocycles. The summed E-state index contributed by atoms with van der Waals surface area (Å²) >= 11 is 0. The molecule has 0 aliphatic carbocycles. The zero-order valence-electron chi connectivity index (χ0n) is 12.9. The van der Waals surface area contributed by atoms with Crippen molar-refractivity contribution in [1.82, 2.24) is 5.32 Å². The molecule has 0 saturated carbocycles. The smallest absolute Gasteiger partial charge is 0.0428 e. The summed E-state index contributed by atoms with van der Waals surface area (Å²) in [6, 6.07) is 15.3. The van der Waals surface area contributed by atoms with Gasteiger partial charge in [-0.2, -0.15) is 0 Å². The largest absolute Gasteiger partial charge is 0.370 e. The van der Waals surface area contributed by atoms with Crippen molar-refractivity contribution in [2.24, 2.45) is 0 Å². The van der Waals surface area contributed by atoms with Gasteiger partial charge in [-0.25, -0.2) is 0 Å². The molecule has 2 heteroatoms. The normalized spacial score (nSPS) is 10.6. The molecule has 0 atom stereocenters. The van der Waals surface area contributed by atoms with E-state index < -0.39 is 0 Å². The van der Waals surface area contributed by atoms with Gasteiger partial charge in [0.2, 0.25) is 0 Å². The van der Waals surface area contributed by atoms with Gasteiger partial charge in [0.15, 0.2) is 0 Å². The van der Waals surface area contributed by atoms with Gasteiger partial charge in [0, 0.05) is 25.8 Å². The van der Waals surface area contributed by atoms with Crippen LogP contribution < -0.4 is 10.2 Å². The first kappa shape index (κ1) is 14.6. The van der Waals surface area contributed by atoms with Gasteiger partial charge in [0.1, 0.15) is 0 Å². The predicted molar refractivity (Wildman–Crippen MR) is 87.2 cm³/mol. The summed E-state index contributed by atoms with van der Waals surface area (Å²) in [5.41, 5.74) is 6.69. The average molecular weight is 268 g/mol. The molecule has 0 spiro atoms. The summed E-state index contributed by atoms with van der Waals surface area (Å²) in [6.07, 6.45) is 0. The maximum Gasteiger partial charge on any atom is 0.0428 e. The van der Waals surface area contributed by atoms with Crippen molar-refractivity contribution in [2.75, 3.05) is 19.0 Å². The number of benzene rings is 2. The van der Waals surface area contributed by atoms with Crippen molar-refractivity contribution in [3.63, 3.8) is 0 Å². The van der Waals surface area contributed by atoms with E-state index in [4.69, 9.17) is 0 Å². The molecule has 0 aliphatic rings. The number of aryl methyl sites for hydroxylation is 2. The predicted octanol–water partition coefficient (Wildman–Crippen LogP) is 3.66. The third-order valence-corrected chi connectivity index (χ3v) is 3.68. The van der Waals surface area contributed by atoms with Crippen LogP contribution in [0.4, 0.5) is 5.69 Å². The van der Waals surface area contributed by atoms with Gasteiger partial charge in [-0.3, -0.25) is 0 Å². The van der Waals surface area contributed by atoms with Gasteiger partial charge in [-0.05, 0) is 43.7 Å². The first-order valence-electron chi connectivity index (χ1n) is 7.11. The molecule has 0 aromatic heterocycles. The third-order valence-electron chi connectivity index (χ3n) is 3.68. The van der Waals surface area contributed by atoms with Crippen LogP contribution in [0.3, 0.4) is 0 Å². The van der Waals surface area contributed by atoms with E-state index in [2.05, 4.69) is 73.6 Å². The maximum atomic E-state index is 3.26. The first-order chi connectivity index (χ1) is 9.61. The topological polar surface area (TPSA) is 15.3 Å². The zero-order valence-corrected chi connectivity index (χ0v) is 12.9. The number of nitrogens with one attached hydrogen (secondary N) is 1. The Kier molecular flexibility index (Phi) is 4.80. The molecule has 2 aromatic carbocycles. The molecule has 1 N–H and O–H groups in total. The van der Waals surface area contributed by atoms with Gasteiger partial charge in [-0.1, -0.05) is 42.0 Å². The Morgan fingerprint density at radius 1 is 1.00 bits per heavy atom. The molecule has 0 radical (unpaired) electrons. The summed E-state index contributed by atoms with van der Waals surface area (Å²) in [4.78, 5) is 2.33. The molecular weight excluding hydrogens is 244 g/mol. The van der Waals surface area contributed by atoms with E-state index in [-0.39, 0.29) is 0 Å². The molecule has 2 rings (SSSR count). The Morgan fingerprint density at radius 3 is 2.45 bits per heavy atom. The first-order valence-corrected chi connectivity index (χ1v) is 7.11. The number of rotatable bonds is 5. The lowest BCUT2D eigenvalue weighted by atomic mass is 10.1. The Morgan fingerprint density at radius 2 is 1.75 bits per heavy atom. The fourth-order valence-corrected chi connectivity index (χ4v) is 2.55. The second kappa shape index (κ2) is 6.58. The molecule has 2 aromatic rings. The van der Waals surface area contributed by atoms with Gasteiger partial charge in [0.25, 0.3) is 0 Å². The van der Waals surface area contributed by atoms with Gasteiger partial charge >= 0.3 is 0 Å². The summed E-state index contributed by atoms with van der Waals surface area (Å²) < 4.78 is 0. The molecule has 2 nitrogen and oxygen atoms in total. The Balaban J connectivity index is 2.25. The molecule has 20 heavy (non-hydrogen) atoms. The minimum atomic E-state index is 0.898. The van der Waals surface area contributed by atoms with E-state index in [9.17, 15) is 0 Å². The quantitative estimate of drug-likeness (QED) is 0.890. The highest BCUT2D eigenvalue weighted by molar-refractivity contribution is 5.55. The standard InChI is InChI=1S/C18H24N2/c1-14-9-10-18(17(11-14)12-19-3)20(4)13-16-8-6-5-7-15(16)2/h5-11,19H,12-13H2,1-4H3. The molecule has 0 unspecified atom stereocenters. The van der Waals surface area contributed by atoms with Crippen molar-refractivity contribution in [2.45, 2.75) is 26.9 Å². The molecule has 0 fully saturated rings. The molecule has 0 amide bonds. The van der Waals surface area contributed by atoms with E-state index in [0.717, 1.165) is 13.1 Å². The Labute approximate surface area is 122 Å². The Hall–Kier alpha value is -1.80. The molecule has 0 bridgehead atoms. The van der Waals surface area contributed by atoms with Crippen LogP contribution >= 0.6 is 0 Å². The van der Waals surface area contributed by atoms with Crippen LogP contribution in [-0.4, -0.2) is 14.1 Å². The minimum absolute atomic E-state index is 0.898. The van der Waals surface area contributed by atoms with Gasteiger partial charge in [-0.15, -0.1) is 0 Å². The lowest BCUT2D eigenvalue weighted by molar-refractivity contribution is 0.804. The highest BCUT2D eigenvalue weighted by atomic mass is 15.1. The van der Waals surface area contributed by atoms with E-state index in [0.29, 0.717) is 0 Å². The zero-order chi connectivity index (χ0) is 14.5. The van der Waals surface area contributed by atoms with Crippen molar-refractivity contribution in [1.29, 1.82) is 0 Å². The van der Waals surface area contributed by atoms with E-state index in [1.807, 2.05) is 7.05 Å². The van der Waals surface area contributed by atoms with Crippen LogP contribution in [0.25, 0.3) is 0 Å². The number of anilines is 1. The summed E-state index contributed by atoms with van der Waals surface area (Å²) in [7, 11) is 4.16. The molecular formula is C18H24N2. The van der Waals surface area contributed by atoms with Crippen LogP contribution in [-0.2, 0) is 13.1 Å². The van der Waals surface area contributed by atoms with E-state index in [1.165, 1.54) is 27.9 Å². The molecule has 0 saturated heterocycles. The van der Waals surface area contributed by atoms with Crippen molar-refractivity contribution < 1.29 is 0 Å². The van der Waals surface area contributed by atoms with Crippen molar-refractivity contribution >= 4 is 5.69 Å². The van der Waals surface area contributed by atoms with Gasteiger partial charge in [0.05, 0.1) is 0 Å². The second-order valence-corrected chi connectivity index (χ2v) is 5.45. The summed E-state index contributed by atoms with van der Waals surface area (Å²) in [6.45, 7) is 6.15. The summed E-state index contributed by atoms with van der Waals surface area (Å²) in [5.74, 6) is 0. The SMILES string of the molecule is CNCc1cc(C)ccc1N(C)Cc1ccccc1C. The van der Waals surface area contributed by atoms with Gasteiger partial charge < -0.3 is 10.2 Å². The monoisotopic (exact) mass is 268 g/mol. The lowest BCUT2D eigenvalue weighted by Gasteiger charge is -2.24. The number of hydrogen-bond donors (Lipinski definition) is 1. The van der Waals surface area contributed by atoms with Crippen LogP contribution in [0.15, 0.2) is 42.5 Å². The van der Waals surface area contributed by atoms with Crippen LogP contribution in [0, 0.1) is 13.8 Å². The third kappa shape index (κ3) is 3.40. The average Bonchev–Trinajstić information content (AvgIpc) is 2.42. The van der Waals surface area contributed by atoms with Crippen LogP contribution in [0.1, 0.15) is 22.3 Å². The van der Waals surface area contributed by atoms with Crippen LogP contribution in [0.2, 0.25) is 0 Å². The highest BCUT2D eigenvalue weighted by Crippen LogP contribution is 2.23. The van der Waals surface area contributed by atoms with Crippen molar-refractivity contribution in [3.05, 3.63) is 64.7 Å². The Bertz CT molecular complexity index is 575. The highest BCUT2D eigenvalue weighted by Gasteiger charge is 2.09.